The molecule has 1 unspecified atom stereocenters. The predicted octanol–water partition coefficient (Wildman–Crippen LogP) is 4.40. The SMILES string of the molecule is CC=C(C=C(NC(=O)C1CC1)C(C)CC)Oc1cc(C)c2ncc(C(=O)NO)cc2c1. The molecule has 3 N–H and O–H groups in total. The van der Waals surface area contributed by atoms with Gasteiger partial charge in [0, 0.05) is 29.3 Å². The first-order valence-corrected chi connectivity index (χ1v) is 10.6. The topological polar surface area (TPSA) is 101 Å². The Morgan fingerprint density at radius 2 is 2.06 bits per heavy atom. The molecule has 164 valence electrons. The fourth-order valence-electron chi connectivity index (χ4n) is 3.22. The number of rotatable bonds is 8. The molecule has 7 heteroatoms. The molecule has 1 saturated carbocycles. The van der Waals surface area contributed by atoms with Gasteiger partial charge in [0.1, 0.15) is 11.5 Å². The minimum atomic E-state index is -0.625. The first kappa shape index (κ1) is 22.5. The fourth-order valence-corrected chi connectivity index (χ4v) is 3.22. The van der Waals surface area contributed by atoms with E-state index in [0.29, 0.717) is 11.5 Å². The van der Waals surface area contributed by atoms with Crippen LogP contribution in [0.4, 0.5) is 0 Å². The number of benzene rings is 1. The second-order valence-electron chi connectivity index (χ2n) is 7.94. The second kappa shape index (κ2) is 9.75. The minimum absolute atomic E-state index is 0.0734. The van der Waals surface area contributed by atoms with Crippen LogP contribution in [-0.4, -0.2) is 22.0 Å². The number of allylic oxidation sites excluding steroid dienone is 3. The van der Waals surface area contributed by atoms with Gasteiger partial charge in [-0.3, -0.25) is 19.8 Å². The standard InChI is InChI=1S/C24H29N3O4/c1-5-14(3)21(26-23(28)16-7-8-16)12-19(6-2)31-20-9-15(4)22-17(11-20)10-18(13-25-22)24(29)27-30/h6,9-14,16,30H,5,7-8H2,1-4H3,(H,26,28)(H,27,29). The lowest BCUT2D eigenvalue weighted by atomic mass is 10.0. The van der Waals surface area contributed by atoms with E-state index >= 15 is 0 Å². The summed E-state index contributed by atoms with van der Waals surface area (Å²) in [7, 11) is 0. The Hall–Kier alpha value is -3.19. The Balaban J connectivity index is 1.89. The van der Waals surface area contributed by atoms with E-state index in [-0.39, 0.29) is 23.3 Å². The third kappa shape index (κ3) is 5.49. The number of ether oxygens (including phenoxy) is 1. The lowest BCUT2D eigenvalue weighted by Crippen LogP contribution is -2.27. The smallest absolute Gasteiger partial charge is 0.276 e. The van der Waals surface area contributed by atoms with Crippen molar-refractivity contribution in [2.75, 3.05) is 0 Å². The van der Waals surface area contributed by atoms with Crippen LogP contribution in [0.25, 0.3) is 10.9 Å². The van der Waals surface area contributed by atoms with E-state index in [2.05, 4.69) is 24.1 Å². The number of pyridine rings is 1. The normalized spacial score (nSPS) is 15.5. The molecule has 1 fully saturated rings. The Morgan fingerprint density at radius 3 is 2.68 bits per heavy atom. The monoisotopic (exact) mass is 423 g/mol. The summed E-state index contributed by atoms with van der Waals surface area (Å²) < 4.78 is 6.12. The number of aromatic nitrogens is 1. The van der Waals surface area contributed by atoms with E-state index in [9.17, 15) is 9.59 Å². The summed E-state index contributed by atoms with van der Waals surface area (Å²) in [6.45, 7) is 7.95. The third-order valence-electron chi connectivity index (χ3n) is 5.49. The molecule has 1 aromatic carbocycles. The highest BCUT2D eigenvalue weighted by molar-refractivity contribution is 5.97. The van der Waals surface area contributed by atoms with E-state index in [1.165, 1.54) is 6.20 Å². The van der Waals surface area contributed by atoms with E-state index in [1.807, 2.05) is 32.1 Å². The molecular weight excluding hydrogens is 394 g/mol. The van der Waals surface area contributed by atoms with Crippen molar-refractivity contribution < 1.29 is 19.5 Å². The number of nitrogens with zero attached hydrogens (tertiary/aromatic N) is 1. The Labute approximate surface area is 182 Å². The van der Waals surface area contributed by atoms with Gasteiger partial charge in [0.05, 0.1) is 11.1 Å². The predicted molar refractivity (Wildman–Crippen MR) is 119 cm³/mol. The zero-order valence-corrected chi connectivity index (χ0v) is 18.4. The number of fused-ring (bicyclic) bond motifs is 1. The molecule has 3 rings (SSSR count). The maximum atomic E-state index is 12.3. The number of nitrogens with one attached hydrogen (secondary N) is 2. The van der Waals surface area contributed by atoms with E-state index in [4.69, 9.17) is 9.94 Å². The summed E-state index contributed by atoms with van der Waals surface area (Å²) in [5.41, 5.74) is 4.35. The summed E-state index contributed by atoms with van der Waals surface area (Å²) in [5.74, 6) is 0.966. The Morgan fingerprint density at radius 1 is 1.32 bits per heavy atom. The van der Waals surface area contributed by atoms with Gasteiger partial charge in [-0.2, -0.15) is 0 Å². The molecule has 1 atom stereocenters. The van der Waals surface area contributed by atoms with Crippen molar-refractivity contribution in [2.24, 2.45) is 11.8 Å². The fraction of sp³-hybridized carbons (Fsp3) is 0.375. The second-order valence-corrected chi connectivity index (χ2v) is 7.94. The van der Waals surface area contributed by atoms with Gasteiger partial charge in [-0.05, 0) is 68.9 Å². The average molecular weight is 424 g/mol. The molecule has 0 bridgehead atoms. The highest BCUT2D eigenvalue weighted by Gasteiger charge is 2.30. The largest absolute Gasteiger partial charge is 0.458 e. The molecule has 0 aliphatic heterocycles. The van der Waals surface area contributed by atoms with Gasteiger partial charge in [0.2, 0.25) is 5.91 Å². The van der Waals surface area contributed by atoms with Crippen molar-refractivity contribution in [3.63, 3.8) is 0 Å². The van der Waals surface area contributed by atoms with Gasteiger partial charge in [-0.1, -0.05) is 13.8 Å². The highest BCUT2D eigenvalue weighted by Crippen LogP contribution is 2.30. The van der Waals surface area contributed by atoms with Crippen LogP contribution in [0, 0.1) is 18.8 Å². The molecule has 1 aromatic heterocycles. The molecule has 1 heterocycles. The van der Waals surface area contributed by atoms with Crippen LogP contribution in [-0.2, 0) is 4.79 Å². The van der Waals surface area contributed by atoms with Crippen molar-refractivity contribution in [3.8, 4) is 5.75 Å². The van der Waals surface area contributed by atoms with Gasteiger partial charge in [-0.15, -0.1) is 0 Å². The first-order chi connectivity index (χ1) is 14.9. The minimum Gasteiger partial charge on any atom is -0.458 e. The van der Waals surface area contributed by atoms with Crippen LogP contribution in [0.1, 0.15) is 56.0 Å². The Kier molecular flexibility index (Phi) is 7.07. The van der Waals surface area contributed by atoms with Crippen molar-refractivity contribution in [2.45, 2.75) is 47.0 Å². The van der Waals surface area contributed by atoms with E-state index in [1.54, 1.807) is 17.6 Å². The third-order valence-corrected chi connectivity index (χ3v) is 5.49. The number of amides is 2. The van der Waals surface area contributed by atoms with Crippen LogP contribution < -0.4 is 15.5 Å². The molecule has 2 aromatic rings. The number of carbonyl (C=O) groups excluding carboxylic acids is 2. The van der Waals surface area contributed by atoms with E-state index in [0.717, 1.165) is 41.4 Å². The zero-order valence-electron chi connectivity index (χ0n) is 18.4. The van der Waals surface area contributed by atoms with Crippen LogP contribution in [0.2, 0.25) is 0 Å². The van der Waals surface area contributed by atoms with E-state index < -0.39 is 5.91 Å². The summed E-state index contributed by atoms with van der Waals surface area (Å²) >= 11 is 0. The number of aryl methyl sites for hydroxylation is 1. The van der Waals surface area contributed by atoms with Gasteiger partial charge in [0.25, 0.3) is 5.91 Å². The van der Waals surface area contributed by atoms with Crippen LogP contribution in [0.15, 0.2) is 48.0 Å². The number of hydrogen-bond acceptors (Lipinski definition) is 5. The van der Waals surface area contributed by atoms with Crippen LogP contribution in [0.3, 0.4) is 0 Å². The van der Waals surface area contributed by atoms with Crippen LogP contribution >= 0.6 is 0 Å². The molecule has 1 aliphatic rings. The molecule has 2 amide bonds. The Bertz CT molecular complexity index is 1050. The molecule has 31 heavy (non-hydrogen) atoms. The maximum Gasteiger partial charge on any atom is 0.276 e. The summed E-state index contributed by atoms with van der Waals surface area (Å²) in [6, 6.07) is 5.33. The van der Waals surface area contributed by atoms with Crippen LogP contribution in [0.5, 0.6) is 5.75 Å². The van der Waals surface area contributed by atoms with Gasteiger partial charge in [0.15, 0.2) is 0 Å². The first-order valence-electron chi connectivity index (χ1n) is 10.6. The maximum absolute atomic E-state index is 12.3. The van der Waals surface area contributed by atoms with Crippen molar-refractivity contribution in [1.29, 1.82) is 0 Å². The summed E-state index contributed by atoms with van der Waals surface area (Å²) in [6.07, 6.45) is 7.94. The summed E-state index contributed by atoms with van der Waals surface area (Å²) in [4.78, 5) is 28.3. The lowest BCUT2D eigenvalue weighted by Gasteiger charge is -2.17. The molecule has 1 aliphatic carbocycles. The van der Waals surface area contributed by atoms with Crippen molar-refractivity contribution in [1.82, 2.24) is 15.8 Å². The highest BCUT2D eigenvalue weighted by atomic mass is 16.5. The molecular formula is C24H29N3O4. The molecule has 0 radical (unpaired) electrons. The lowest BCUT2D eigenvalue weighted by molar-refractivity contribution is -0.121. The molecule has 0 saturated heterocycles. The van der Waals surface area contributed by atoms with Gasteiger partial charge in [-0.25, -0.2) is 5.48 Å². The van der Waals surface area contributed by atoms with Gasteiger partial charge >= 0.3 is 0 Å². The quantitative estimate of drug-likeness (QED) is 0.253. The van der Waals surface area contributed by atoms with Gasteiger partial charge < -0.3 is 10.1 Å². The number of hydrogen-bond donors (Lipinski definition) is 3. The number of carbonyl (C=O) groups is 2. The molecule has 0 spiro atoms. The van der Waals surface area contributed by atoms with Crippen molar-refractivity contribution in [3.05, 3.63) is 59.1 Å². The zero-order chi connectivity index (χ0) is 22.5. The summed E-state index contributed by atoms with van der Waals surface area (Å²) in [5, 5.41) is 12.7. The average Bonchev–Trinajstić information content (AvgIpc) is 3.62. The molecule has 7 nitrogen and oxygen atoms in total. The van der Waals surface area contributed by atoms with Crippen molar-refractivity contribution >= 4 is 22.7 Å². The number of hydroxylamine groups is 1.